The van der Waals surface area contributed by atoms with E-state index in [9.17, 15) is 0 Å². The van der Waals surface area contributed by atoms with Crippen LogP contribution in [0.15, 0.2) is 22.7 Å². The SMILES string of the molecule is CCCNC(Cc1nc(C)c(C)s1)c1ccc(Br)c(C)c1. The Morgan fingerprint density at radius 1 is 1.29 bits per heavy atom. The number of aryl methyl sites for hydroxylation is 3. The molecule has 0 aliphatic heterocycles. The van der Waals surface area contributed by atoms with Crippen LogP contribution in [-0.2, 0) is 6.42 Å². The van der Waals surface area contributed by atoms with Crippen molar-refractivity contribution in [3.05, 3.63) is 49.4 Å². The minimum atomic E-state index is 0.335. The van der Waals surface area contributed by atoms with Crippen LogP contribution in [0.5, 0.6) is 0 Å². The Balaban J connectivity index is 2.22. The fourth-order valence-corrected chi connectivity index (χ4v) is 3.54. The largest absolute Gasteiger partial charge is 0.310 e. The molecule has 2 nitrogen and oxygen atoms in total. The molecule has 1 N–H and O–H groups in total. The maximum absolute atomic E-state index is 4.69. The summed E-state index contributed by atoms with van der Waals surface area (Å²) in [7, 11) is 0. The molecule has 0 fully saturated rings. The topological polar surface area (TPSA) is 24.9 Å². The summed E-state index contributed by atoms with van der Waals surface area (Å²) in [5.74, 6) is 0. The number of hydrogen-bond donors (Lipinski definition) is 1. The Morgan fingerprint density at radius 2 is 2.05 bits per heavy atom. The Kier molecular flexibility index (Phi) is 5.97. The van der Waals surface area contributed by atoms with Gasteiger partial charge < -0.3 is 5.32 Å². The van der Waals surface area contributed by atoms with Crippen LogP contribution in [0.25, 0.3) is 0 Å². The summed E-state index contributed by atoms with van der Waals surface area (Å²) < 4.78 is 1.17. The lowest BCUT2D eigenvalue weighted by Gasteiger charge is -2.19. The first kappa shape index (κ1) is 16.7. The molecule has 1 atom stereocenters. The molecule has 1 unspecified atom stereocenters. The second-order valence-corrected chi connectivity index (χ2v) is 7.61. The van der Waals surface area contributed by atoms with Crippen LogP contribution < -0.4 is 5.32 Å². The molecule has 2 aromatic rings. The van der Waals surface area contributed by atoms with Gasteiger partial charge in [-0.1, -0.05) is 35.0 Å². The van der Waals surface area contributed by atoms with Crippen molar-refractivity contribution < 1.29 is 0 Å². The number of nitrogens with zero attached hydrogens (tertiary/aromatic N) is 1. The maximum atomic E-state index is 4.69. The first-order valence-electron chi connectivity index (χ1n) is 7.43. The molecule has 2 rings (SSSR count). The van der Waals surface area contributed by atoms with Crippen molar-refractivity contribution in [1.82, 2.24) is 10.3 Å². The van der Waals surface area contributed by atoms with E-state index in [-0.39, 0.29) is 0 Å². The van der Waals surface area contributed by atoms with Gasteiger partial charge in [0.1, 0.15) is 0 Å². The third kappa shape index (κ3) is 4.38. The van der Waals surface area contributed by atoms with Crippen molar-refractivity contribution in [2.75, 3.05) is 6.54 Å². The van der Waals surface area contributed by atoms with Crippen molar-refractivity contribution in [1.29, 1.82) is 0 Å². The highest BCUT2D eigenvalue weighted by atomic mass is 79.9. The predicted molar refractivity (Wildman–Crippen MR) is 95.2 cm³/mol. The minimum absolute atomic E-state index is 0.335. The zero-order valence-electron chi connectivity index (χ0n) is 13.2. The van der Waals surface area contributed by atoms with Crippen molar-refractivity contribution in [3.63, 3.8) is 0 Å². The maximum Gasteiger partial charge on any atom is 0.0949 e. The molecule has 1 aromatic carbocycles. The molecule has 1 aromatic heterocycles. The zero-order chi connectivity index (χ0) is 15.4. The third-order valence-corrected chi connectivity index (χ3v) is 5.66. The highest BCUT2D eigenvalue weighted by Crippen LogP contribution is 2.26. The monoisotopic (exact) mass is 366 g/mol. The van der Waals surface area contributed by atoms with Crippen molar-refractivity contribution in [2.45, 2.75) is 46.6 Å². The lowest BCUT2D eigenvalue weighted by Crippen LogP contribution is -2.24. The minimum Gasteiger partial charge on any atom is -0.310 e. The normalized spacial score (nSPS) is 12.6. The third-order valence-electron chi connectivity index (χ3n) is 3.68. The second-order valence-electron chi connectivity index (χ2n) is 5.47. The van der Waals surface area contributed by atoms with Gasteiger partial charge in [0.05, 0.1) is 10.7 Å². The van der Waals surface area contributed by atoms with Gasteiger partial charge >= 0.3 is 0 Å². The molecule has 21 heavy (non-hydrogen) atoms. The Morgan fingerprint density at radius 3 is 2.62 bits per heavy atom. The average molecular weight is 367 g/mol. The Labute approximate surface area is 140 Å². The molecule has 1 heterocycles. The highest BCUT2D eigenvalue weighted by Gasteiger charge is 2.15. The average Bonchev–Trinajstić information content (AvgIpc) is 2.76. The number of benzene rings is 1. The van der Waals surface area contributed by atoms with E-state index < -0.39 is 0 Å². The molecular weight excluding hydrogens is 344 g/mol. The van der Waals surface area contributed by atoms with Gasteiger partial charge in [-0.3, -0.25) is 0 Å². The summed E-state index contributed by atoms with van der Waals surface area (Å²) in [6.07, 6.45) is 2.10. The van der Waals surface area contributed by atoms with Crippen LogP contribution in [0.4, 0.5) is 0 Å². The van der Waals surface area contributed by atoms with Crippen LogP contribution in [0.1, 0.15) is 46.1 Å². The van der Waals surface area contributed by atoms with E-state index in [0.717, 1.165) is 25.1 Å². The lowest BCUT2D eigenvalue weighted by atomic mass is 10.0. The highest BCUT2D eigenvalue weighted by molar-refractivity contribution is 9.10. The summed E-state index contributed by atoms with van der Waals surface area (Å²) >= 11 is 5.40. The zero-order valence-corrected chi connectivity index (χ0v) is 15.6. The quantitative estimate of drug-likeness (QED) is 0.767. The van der Waals surface area contributed by atoms with Gasteiger partial charge in [-0.05, 0) is 50.9 Å². The smallest absolute Gasteiger partial charge is 0.0949 e. The predicted octanol–water partition coefficient (Wildman–Crippen LogP) is 5.11. The molecule has 0 saturated carbocycles. The molecule has 114 valence electrons. The van der Waals surface area contributed by atoms with Gasteiger partial charge in [0.15, 0.2) is 0 Å². The molecule has 0 bridgehead atoms. The lowest BCUT2D eigenvalue weighted by molar-refractivity contribution is 0.528. The van der Waals surface area contributed by atoms with E-state index in [1.54, 1.807) is 0 Å². The van der Waals surface area contributed by atoms with Crippen molar-refractivity contribution >= 4 is 27.3 Å². The van der Waals surface area contributed by atoms with Crippen molar-refractivity contribution in [2.24, 2.45) is 0 Å². The number of thiazole rings is 1. The van der Waals surface area contributed by atoms with Gasteiger partial charge in [0, 0.05) is 21.8 Å². The van der Waals surface area contributed by atoms with Gasteiger partial charge in [-0.15, -0.1) is 11.3 Å². The summed E-state index contributed by atoms with van der Waals surface area (Å²) in [6.45, 7) is 9.61. The van der Waals surface area contributed by atoms with Crippen LogP contribution in [0, 0.1) is 20.8 Å². The molecule has 0 saturated heterocycles. The number of halogens is 1. The molecular formula is C17H23BrN2S. The summed E-state index contributed by atoms with van der Waals surface area (Å²) in [5, 5.41) is 4.88. The fourth-order valence-electron chi connectivity index (χ4n) is 2.31. The van der Waals surface area contributed by atoms with Gasteiger partial charge in [-0.2, -0.15) is 0 Å². The summed E-state index contributed by atoms with van der Waals surface area (Å²) in [5.41, 5.74) is 3.79. The van der Waals surface area contributed by atoms with Crippen LogP contribution in [-0.4, -0.2) is 11.5 Å². The summed E-state index contributed by atoms with van der Waals surface area (Å²) in [4.78, 5) is 6.02. The Bertz CT molecular complexity index is 587. The van der Waals surface area contributed by atoms with Crippen LogP contribution >= 0.6 is 27.3 Å². The number of rotatable bonds is 6. The summed E-state index contributed by atoms with van der Waals surface area (Å²) in [6, 6.07) is 6.95. The van der Waals surface area contributed by atoms with E-state index in [1.807, 2.05) is 11.3 Å². The van der Waals surface area contributed by atoms with E-state index in [0.29, 0.717) is 6.04 Å². The molecule has 0 aliphatic carbocycles. The van der Waals surface area contributed by atoms with Gasteiger partial charge in [0.25, 0.3) is 0 Å². The standard InChI is InChI=1S/C17H23BrN2S/c1-5-8-19-16(10-17-20-12(3)13(4)21-17)14-6-7-15(18)11(2)9-14/h6-7,9,16,19H,5,8,10H2,1-4H3. The van der Waals surface area contributed by atoms with Crippen molar-refractivity contribution in [3.8, 4) is 0 Å². The fraction of sp³-hybridized carbons (Fsp3) is 0.471. The number of nitrogens with one attached hydrogen (secondary N) is 1. The Hall–Kier alpha value is -0.710. The van der Waals surface area contributed by atoms with E-state index in [4.69, 9.17) is 4.98 Å². The van der Waals surface area contributed by atoms with E-state index >= 15 is 0 Å². The molecule has 0 amide bonds. The molecule has 4 heteroatoms. The second kappa shape index (κ2) is 7.52. The van der Waals surface area contributed by atoms with Gasteiger partial charge in [0.2, 0.25) is 0 Å². The first-order chi connectivity index (χ1) is 10.0. The molecule has 0 spiro atoms. The molecule has 0 aliphatic rings. The van der Waals surface area contributed by atoms with E-state index in [1.165, 1.54) is 25.5 Å². The number of hydrogen-bond acceptors (Lipinski definition) is 3. The molecule has 0 radical (unpaired) electrons. The first-order valence-corrected chi connectivity index (χ1v) is 9.04. The van der Waals surface area contributed by atoms with Gasteiger partial charge in [-0.25, -0.2) is 4.98 Å². The van der Waals surface area contributed by atoms with Crippen LogP contribution in [0.3, 0.4) is 0 Å². The number of aromatic nitrogens is 1. The van der Waals surface area contributed by atoms with Crippen LogP contribution in [0.2, 0.25) is 0 Å². The van der Waals surface area contributed by atoms with E-state index in [2.05, 4.69) is 67.1 Å².